The number of nitrogens with zero attached hydrogens (tertiary/aromatic N) is 3. The Morgan fingerprint density at radius 2 is 1.72 bits per heavy atom. The molecule has 3 aliphatic rings. The number of carbonyl (C=O) groups is 3. The van der Waals surface area contributed by atoms with Gasteiger partial charge in [-0.1, -0.05) is 12.8 Å². The topological polar surface area (TPSA) is 107 Å². The first-order valence-electron chi connectivity index (χ1n) is 10.5. The van der Waals surface area contributed by atoms with E-state index in [-0.39, 0.29) is 26.2 Å². The normalized spacial score (nSPS) is 22.5. The van der Waals surface area contributed by atoms with E-state index in [1.54, 1.807) is 0 Å². The molecule has 1 unspecified atom stereocenters. The molecule has 1 atom stereocenters. The maximum Gasteiger partial charge on any atom is 0.325 e. The molecule has 1 N–H and O–H groups in total. The molecule has 3 fully saturated rings. The maximum absolute atomic E-state index is 14.0. The minimum Gasteiger partial charge on any atom is -0.338 e. The van der Waals surface area contributed by atoms with E-state index >= 15 is 0 Å². The number of amides is 4. The fourth-order valence-corrected chi connectivity index (χ4v) is 6.12. The summed E-state index contributed by atoms with van der Waals surface area (Å²) in [6, 6.07) is 0.623. The molecule has 9 nitrogen and oxygen atoms in total. The molecular formula is C20H24F2N4O5S. The van der Waals surface area contributed by atoms with Crippen molar-refractivity contribution in [3.63, 3.8) is 0 Å². The molecule has 0 bridgehead atoms. The average Bonchev–Trinajstić information content (AvgIpc) is 3.31. The van der Waals surface area contributed by atoms with Gasteiger partial charge in [-0.3, -0.25) is 9.59 Å². The second kappa shape index (κ2) is 8.07. The van der Waals surface area contributed by atoms with Crippen LogP contribution in [-0.2, 0) is 19.6 Å². The number of nitrogens with one attached hydrogen (secondary N) is 1. The Labute approximate surface area is 184 Å². The van der Waals surface area contributed by atoms with Crippen LogP contribution >= 0.6 is 0 Å². The highest BCUT2D eigenvalue weighted by atomic mass is 32.2. The van der Waals surface area contributed by atoms with Crippen LogP contribution in [-0.4, -0.2) is 78.1 Å². The molecule has 2 aliphatic heterocycles. The van der Waals surface area contributed by atoms with E-state index in [0.717, 1.165) is 34.2 Å². The Morgan fingerprint density at radius 3 is 2.31 bits per heavy atom. The van der Waals surface area contributed by atoms with Crippen molar-refractivity contribution in [3.05, 3.63) is 29.8 Å². The van der Waals surface area contributed by atoms with Crippen molar-refractivity contribution >= 4 is 27.9 Å². The molecule has 2 heterocycles. The van der Waals surface area contributed by atoms with Gasteiger partial charge in [-0.05, 0) is 31.9 Å². The van der Waals surface area contributed by atoms with Crippen molar-refractivity contribution in [2.75, 3.05) is 26.2 Å². The number of benzene rings is 1. The summed E-state index contributed by atoms with van der Waals surface area (Å²) < 4.78 is 53.6. The average molecular weight is 470 g/mol. The van der Waals surface area contributed by atoms with Gasteiger partial charge in [-0.25, -0.2) is 26.9 Å². The van der Waals surface area contributed by atoms with E-state index < -0.39 is 56.0 Å². The van der Waals surface area contributed by atoms with E-state index in [1.165, 1.54) is 11.8 Å². The molecule has 4 rings (SSSR count). The van der Waals surface area contributed by atoms with Crippen molar-refractivity contribution in [1.82, 2.24) is 19.4 Å². The summed E-state index contributed by atoms with van der Waals surface area (Å²) in [7, 11) is -4.20. The van der Waals surface area contributed by atoms with E-state index in [2.05, 4.69) is 5.32 Å². The van der Waals surface area contributed by atoms with Gasteiger partial charge in [0, 0.05) is 32.2 Å². The summed E-state index contributed by atoms with van der Waals surface area (Å²) in [6.07, 6.45) is 2.75. The second-order valence-corrected chi connectivity index (χ2v) is 10.3. The van der Waals surface area contributed by atoms with Crippen molar-refractivity contribution < 1.29 is 31.6 Å². The second-order valence-electron chi connectivity index (χ2n) is 8.37. The van der Waals surface area contributed by atoms with Gasteiger partial charge in [0.2, 0.25) is 15.9 Å². The fraction of sp³-hybridized carbons (Fsp3) is 0.550. The molecule has 1 aromatic carbocycles. The smallest absolute Gasteiger partial charge is 0.325 e. The number of urea groups is 1. The van der Waals surface area contributed by atoms with Crippen molar-refractivity contribution in [1.29, 1.82) is 0 Å². The van der Waals surface area contributed by atoms with Gasteiger partial charge < -0.3 is 10.2 Å². The Balaban J connectivity index is 1.42. The highest BCUT2D eigenvalue weighted by Gasteiger charge is 2.55. The lowest BCUT2D eigenvalue weighted by atomic mass is 9.97. The Morgan fingerprint density at radius 1 is 1.09 bits per heavy atom. The molecule has 32 heavy (non-hydrogen) atoms. The van der Waals surface area contributed by atoms with Gasteiger partial charge in [0.05, 0.1) is 0 Å². The summed E-state index contributed by atoms with van der Waals surface area (Å²) in [5.41, 5.74) is -0.919. The van der Waals surface area contributed by atoms with Crippen molar-refractivity contribution in [2.24, 2.45) is 0 Å². The molecular weight excluding hydrogens is 446 g/mol. The first-order valence-corrected chi connectivity index (χ1v) is 11.9. The van der Waals surface area contributed by atoms with Crippen molar-refractivity contribution in [2.45, 2.75) is 49.1 Å². The van der Waals surface area contributed by atoms with E-state index in [1.807, 2.05) is 0 Å². The lowest BCUT2D eigenvalue weighted by Crippen LogP contribution is -2.56. The highest BCUT2D eigenvalue weighted by molar-refractivity contribution is 7.89. The Bertz CT molecular complexity index is 1070. The fourth-order valence-electron chi connectivity index (χ4n) is 4.66. The number of halogens is 2. The van der Waals surface area contributed by atoms with E-state index in [0.29, 0.717) is 18.9 Å². The van der Waals surface area contributed by atoms with E-state index in [9.17, 15) is 31.6 Å². The third-order valence-corrected chi connectivity index (χ3v) is 8.39. The van der Waals surface area contributed by atoms with Crippen LogP contribution in [0.4, 0.5) is 13.6 Å². The minimum absolute atomic E-state index is 0.0139. The number of sulfonamides is 1. The Kier molecular flexibility index (Phi) is 5.70. The number of piperazine rings is 1. The monoisotopic (exact) mass is 470 g/mol. The largest absolute Gasteiger partial charge is 0.338 e. The summed E-state index contributed by atoms with van der Waals surface area (Å²) in [4.78, 5) is 40.0. The van der Waals surface area contributed by atoms with Crippen LogP contribution in [0.1, 0.15) is 32.6 Å². The molecule has 2 saturated heterocycles. The number of carbonyl (C=O) groups excluding carboxylic acids is 3. The molecule has 0 aromatic heterocycles. The molecule has 1 saturated carbocycles. The zero-order valence-electron chi connectivity index (χ0n) is 17.5. The van der Waals surface area contributed by atoms with Gasteiger partial charge >= 0.3 is 6.03 Å². The summed E-state index contributed by atoms with van der Waals surface area (Å²) >= 11 is 0. The first-order chi connectivity index (χ1) is 15.1. The van der Waals surface area contributed by atoms with Gasteiger partial charge in [-0.15, -0.1) is 0 Å². The number of hydrogen-bond donors (Lipinski definition) is 1. The first kappa shape index (κ1) is 22.6. The van der Waals surface area contributed by atoms with Crippen LogP contribution in [0.15, 0.2) is 23.1 Å². The molecule has 12 heteroatoms. The SMILES string of the molecule is CC(C(=O)N1CCN(S(=O)(=O)c2ccc(F)cc2F)CC1)N1C(=O)NC2(CCCC2)C1=O. The molecule has 4 amide bonds. The maximum atomic E-state index is 14.0. The van der Waals surface area contributed by atoms with Crippen LogP contribution in [0, 0.1) is 11.6 Å². The standard InChI is InChI=1S/C20H24F2N4O5S/c1-13(26-18(28)20(23-19(26)29)6-2-3-7-20)17(27)24-8-10-25(11-9-24)32(30,31)16-5-4-14(21)12-15(16)22/h4-5,12-13H,2-3,6-11H2,1H3,(H,23,29). The third-order valence-electron chi connectivity index (χ3n) is 6.46. The zero-order chi connectivity index (χ0) is 23.3. The van der Waals surface area contributed by atoms with Crippen molar-refractivity contribution in [3.8, 4) is 0 Å². The predicted molar refractivity (Wildman–Crippen MR) is 108 cm³/mol. The van der Waals surface area contributed by atoms with E-state index in [4.69, 9.17) is 0 Å². The van der Waals surface area contributed by atoms with Crippen LogP contribution in [0.5, 0.6) is 0 Å². The van der Waals surface area contributed by atoms with Crippen LogP contribution < -0.4 is 5.32 Å². The third kappa shape index (κ3) is 3.64. The molecule has 1 spiro atoms. The minimum atomic E-state index is -4.20. The molecule has 0 radical (unpaired) electrons. The molecule has 1 aromatic rings. The lowest BCUT2D eigenvalue weighted by Gasteiger charge is -2.36. The van der Waals surface area contributed by atoms with Gasteiger partial charge in [0.25, 0.3) is 5.91 Å². The summed E-state index contributed by atoms with van der Waals surface area (Å²) in [5.74, 6) is -2.93. The van der Waals surface area contributed by atoms with Crippen LogP contribution in [0.3, 0.4) is 0 Å². The molecule has 1 aliphatic carbocycles. The summed E-state index contributed by atoms with van der Waals surface area (Å²) in [5, 5.41) is 2.74. The summed E-state index contributed by atoms with van der Waals surface area (Å²) in [6.45, 7) is 1.31. The number of hydrogen-bond acceptors (Lipinski definition) is 5. The Hall–Kier alpha value is -2.60. The van der Waals surface area contributed by atoms with Gasteiger partial charge in [-0.2, -0.15) is 4.31 Å². The van der Waals surface area contributed by atoms with Crippen LogP contribution in [0.2, 0.25) is 0 Å². The quantitative estimate of drug-likeness (QED) is 0.662. The molecule has 174 valence electrons. The highest BCUT2D eigenvalue weighted by Crippen LogP contribution is 2.36. The zero-order valence-corrected chi connectivity index (χ0v) is 18.3. The lowest BCUT2D eigenvalue weighted by molar-refractivity contribution is -0.143. The predicted octanol–water partition coefficient (Wildman–Crippen LogP) is 1.05. The number of rotatable bonds is 4. The van der Waals surface area contributed by atoms with Crippen LogP contribution in [0.25, 0.3) is 0 Å². The van der Waals surface area contributed by atoms with Gasteiger partial charge in [0.1, 0.15) is 28.1 Å². The number of imide groups is 1. The van der Waals surface area contributed by atoms with Gasteiger partial charge in [0.15, 0.2) is 0 Å².